The lowest BCUT2D eigenvalue weighted by Gasteiger charge is -2.10. The molecule has 0 bridgehead atoms. The molecule has 2 aromatic carbocycles. The number of nitro benzene ring substituents is 1. The average molecular weight is 287 g/mol. The zero-order valence-corrected chi connectivity index (χ0v) is 11.2. The number of carbonyl (C=O) groups is 1. The Balaban J connectivity index is 2.46. The van der Waals surface area contributed by atoms with E-state index < -0.39 is 10.8 Å². The lowest BCUT2D eigenvalue weighted by molar-refractivity contribution is -0.385. The molecule has 1 amide bonds. The van der Waals surface area contributed by atoms with Crippen molar-refractivity contribution in [2.45, 2.75) is 6.92 Å². The molecule has 0 atom stereocenters. The van der Waals surface area contributed by atoms with Gasteiger partial charge in [-0.05, 0) is 36.8 Å². The van der Waals surface area contributed by atoms with Crippen molar-refractivity contribution in [1.82, 2.24) is 0 Å². The van der Waals surface area contributed by atoms with Crippen molar-refractivity contribution >= 4 is 17.3 Å². The van der Waals surface area contributed by atoms with Crippen molar-refractivity contribution in [3.8, 4) is 11.5 Å². The van der Waals surface area contributed by atoms with E-state index in [1.807, 2.05) is 6.92 Å². The molecule has 7 heteroatoms. The second kappa shape index (κ2) is 5.49. The number of nitrogens with two attached hydrogens (primary N) is 2. The van der Waals surface area contributed by atoms with Gasteiger partial charge in [-0.15, -0.1) is 0 Å². The average Bonchev–Trinajstić information content (AvgIpc) is 2.42. The minimum Gasteiger partial charge on any atom is -0.448 e. The fourth-order valence-corrected chi connectivity index (χ4v) is 1.75. The molecule has 0 saturated carbocycles. The molecule has 0 heterocycles. The summed E-state index contributed by atoms with van der Waals surface area (Å²) in [6, 6.07) is 8.86. The number of hydrogen-bond acceptors (Lipinski definition) is 5. The van der Waals surface area contributed by atoms with Crippen LogP contribution in [0.4, 0.5) is 11.4 Å². The SMILES string of the molecule is Cc1ccc(N)c(Oc2ccc(C(N)=O)cc2[N+](=O)[O-])c1. The number of primary amides is 1. The van der Waals surface area contributed by atoms with Gasteiger partial charge in [0.2, 0.25) is 11.7 Å². The van der Waals surface area contributed by atoms with Crippen LogP contribution in [0.3, 0.4) is 0 Å². The zero-order valence-electron chi connectivity index (χ0n) is 11.2. The first kappa shape index (κ1) is 14.3. The zero-order chi connectivity index (χ0) is 15.6. The fourth-order valence-electron chi connectivity index (χ4n) is 1.75. The van der Waals surface area contributed by atoms with Gasteiger partial charge in [0.1, 0.15) is 0 Å². The predicted molar refractivity (Wildman–Crippen MR) is 77.3 cm³/mol. The molecule has 21 heavy (non-hydrogen) atoms. The topological polar surface area (TPSA) is 121 Å². The van der Waals surface area contributed by atoms with Crippen molar-refractivity contribution in [1.29, 1.82) is 0 Å². The molecule has 0 aliphatic heterocycles. The van der Waals surface area contributed by atoms with Gasteiger partial charge in [0.25, 0.3) is 0 Å². The summed E-state index contributed by atoms with van der Waals surface area (Å²) in [6.45, 7) is 1.84. The third kappa shape index (κ3) is 3.08. The van der Waals surface area contributed by atoms with Gasteiger partial charge >= 0.3 is 5.69 Å². The molecule has 0 aliphatic rings. The number of aryl methyl sites for hydroxylation is 1. The minimum absolute atomic E-state index is 0.0118. The molecule has 0 radical (unpaired) electrons. The Labute approximate surface area is 120 Å². The van der Waals surface area contributed by atoms with E-state index in [2.05, 4.69) is 0 Å². The van der Waals surface area contributed by atoms with Crippen molar-refractivity contribution in [2.24, 2.45) is 5.73 Å². The molecule has 0 spiro atoms. The highest BCUT2D eigenvalue weighted by molar-refractivity contribution is 5.93. The van der Waals surface area contributed by atoms with Gasteiger partial charge in [-0.3, -0.25) is 14.9 Å². The summed E-state index contributed by atoms with van der Waals surface area (Å²) >= 11 is 0. The molecule has 4 N–H and O–H groups in total. The van der Waals surface area contributed by atoms with E-state index in [1.54, 1.807) is 18.2 Å². The summed E-state index contributed by atoms with van der Waals surface area (Å²) in [5.74, 6) is -0.452. The smallest absolute Gasteiger partial charge is 0.312 e. The third-order valence-electron chi connectivity index (χ3n) is 2.83. The van der Waals surface area contributed by atoms with Crippen molar-refractivity contribution in [3.63, 3.8) is 0 Å². The minimum atomic E-state index is -0.750. The highest BCUT2D eigenvalue weighted by atomic mass is 16.6. The van der Waals surface area contributed by atoms with Crippen LogP contribution in [0.5, 0.6) is 11.5 Å². The first-order chi connectivity index (χ1) is 9.88. The van der Waals surface area contributed by atoms with E-state index in [4.69, 9.17) is 16.2 Å². The quantitative estimate of drug-likeness (QED) is 0.508. The van der Waals surface area contributed by atoms with Crippen molar-refractivity contribution in [2.75, 3.05) is 5.73 Å². The normalized spacial score (nSPS) is 10.1. The number of rotatable bonds is 4. The van der Waals surface area contributed by atoms with Gasteiger partial charge in [-0.2, -0.15) is 0 Å². The Morgan fingerprint density at radius 1 is 1.19 bits per heavy atom. The molecule has 0 unspecified atom stereocenters. The van der Waals surface area contributed by atoms with Crippen LogP contribution < -0.4 is 16.2 Å². The second-order valence-corrected chi connectivity index (χ2v) is 4.45. The summed E-state index contributed by atoms with van der Waals surface area (Å²) in [7, 11) is 0. The number of ether oxygens (including phenoxy) is 1. The van der Waals surface area contributed by atoms with Crippen LogP contribution in [0.15, 0.2) is 36.4 Å². The maximum absolute atomic E-state index is 11.1. The van der Waals surface area contributed by atoms with Crippen molar-refractivity contribution in [3.05, 3.63) is 57.6 Å². The van der Waals surface area contributed by atoms with E-state index in [-0.39, 0.29) is 17.0 Å². The number of nitro groups is 1. The van der Waals surface area contributed by atoms with Crippen molar-refractivity contribution < 1.29 is 14.5 Å². The number of anilines is 1. The molecule has 2 aromatic rings. The number of carbonyl (C=O) groups excluding carboxylic acids is 1. The fraction of sp³-hybridized carbons (Fsp3) is 0.0714. The monoisotopic (exact) mass is 287 g/mol. The Bertz CT molecular complexity index is 728. The highest BCUT2D eigenvalue weighted by Crippen LogP contribution is 2.35. The summed E-state index contributed by atoms with van der Waals surface area (Å²) in [5.41, 5.74) is 11.8. The summed E-state index contributed by atoms with van der Waals surface area (Å²) in [6.07, 6.45) is 0. The number of benzene rings is 2. The number of nitrogens with zero attached hydrogens (tertiary/aromatic N) is 1. The molecule has 0 saturated heterocycles. The molecule has 7 nitrogen and oxygen atoms in total. The van der Waals surface area contributed by atoms with Crippen LogP contribution in [0.1, 0.15) is 15.9 Å². The second-order valence-electron chi connectivity index (χ2n) is 4.45. The van der Waals surface area contributed by atoms with E-state index in [0.717, 1.165) is 11.6 Å². The highest BCUT2D eigenvalue weighted by Gasteiger charge is 2.19. The maximum Gasteiger partial charge on any atom is 0.312 e. The van der Waals surface area contributed by atoms with E-state index >= 15 is 0 Å². The van der Waals surface area contributed by atoms with Gasteiger partial charge in [0.05, 0.1) is 10.6 Å². The van der Waals surface area contributed by atoms with Crippen LogP contribution >= 0.6 is 0 Å². The Morgan fingerprint density at radius 2 is 1.90 bits per heavy atom. The number of nitrogen functional groups attached to an aromatic ring is 1. The number of amides is 1. The van der Waals surface area contributed by atoms with Gasteiger partial charge in [0.15, 0.2) is 5.75 Å². The van der Waals surface area contributed by atoms with Crippen LogP contribution in [-0.2, 0) is 0 Å². The van der Waals surface area contributed by atoms with Gasteiger partial charge in [-0.1, -0.05) is 6.07 Å². The van der Waals surface area contributed by atoms with Gasteiger partial charge in [-0.25, -0.2) is 0 Å². The molecule has 0 fully saturated rings. The number of hydrogen-bond donors (Lipinski definition) is 2. The first-order valence-electron chi connectivity index (χ1n) is 6.00. The third-order valence-corrected chi connectivity index (χ3v) is 2.83. The predicted octanol–water partition coefficient (Wildman–Crippen LogP) is 2.38. The molecular formula is C14H13N3O4. The standard InChI is InChI=1S/C14H13N3O4/c1-8-2-4-10(15)13(6-8)21-12-5-3-9(14(16)18)7-11(12)17(19)20/h2-7H,15H2,1H3,(H2,16,18). The van der Waals surface area contributed by atoms with E-state index in [1.165, 1.54) is 12.1 Å². The molecule has 2 rings (SSSR count). The Hall–Kier alpha value is -3.09. The van der Waals surface area contributed by atoms with E-state index in [0.29, 0.717) is 11.4 Å². The molecule has 108 valence electrons. The van der Waals surface area contributed by atoms with Crippen LogP contribution in [0.2, 0.25) is 0 Å². The van der Waals surface area contributed by atoms with Gasteiger partial charge < -0.3 is 16.2 Å². The maximum atomic E-state index is 11.1. The lowest BCUT2D eigenvalue weighted by Crippen LogP contribution is -2.11. The molecule has 0 aliphatic carbocycles. The Kier molecular flexibility index (Phi) is 3.75. The van der Waals surface area contributed by atoms with Crippen LogP contribution in [0, 0.1) is 17.0 Å². The van der Waals surface area contributed by atoms with E-state index in [9.17, 15) is 14.9 Å². The summed E-state index contributed by atoms with van der Waals surface area (Å²) in [4.78, 5) is 21.5. The van der Waals surface area contributed by atoms with Crippen LogP contribution in [-0.4, -0.2) is 10.8 Å². The summed E-state index contributed by atoms with van der Waals surface area (Å²) in [5, 5.41) is 11.1. The van der Waals surface area contributed by atoms with Crippen LogP contribution in [0.25, 0.3) is 0 Å². The Morgan fingerprint density at radius 3 is 2.52 bits per heavy atom. The molecular weight excluding hydrogens is 274 g/mol. The first-order valence-corrected chi connectivity index (χ1v) is 6.00. The summed E-state index contributed by atoms with van der Waals surface area (Å²) < 4.78 is 5.50. The molecule has 0 aromatic heterocycles. The largest absolute Gasteiger partial charge is 0.448 e. The van der Waals surface area contributed by atoms with Gasteiger partial charge in [0, 0.05) is 11.6 Å². The lowest BCUT2D eigenvalue weighted by atomic mass is 10.1.